The molecule has 0 radical (unpaired) electrons. The number of hydrogen-bond acceptors (Lipinski definition) is 3. The van der Waals surface area contributed by atoms with Crippen LogP contribution in [0.5, 0.6) is 0 Å². The average Bonchev–Trinajstić information content (AvgIpc) is 2.48. The van der Waals surface area contributed by atoms with Crippen LogP contribution in [0.2, 0.25) is 0 Å². The second-order valence-electron chi connectivity index (χ2n) is 4.44. The van der Waals surface area contributed by atoms with Crippen molar-refractivity contribution in [3.8, 4) is 0 Å². The number of hydrogen-bond donors (Lipinski definition) is 4. The van der Waals surface area contributed by atoms with E-state index >= 15 is 0 Å². The van der Waals surface area contributed by atoms with E-state index < -0.39 is 18.0 Å². The number of carbonyl (C=O) groups is 3. The summed E-state index contributed by atoms with van der Waals surface area (Å²) in [6.07, 6.45) is 0. The molecule has 0 aliphatic heterocycles. The van der Waals surface area contributed by atoms with Gasteiger partial charge in [0.2, 0.25) is 0 Å². The molecule has 2 aromatic carbocycles. The summed E-state index contributed by atoms with van der Waals surface area (Å²) in [6, 6.07) is 12.7. The first-order valence-electron chi connectivity index (χ1n) is 6.50. The second kappa shape index (κ2) is 8.18. The number of amides is 2. The number of urea groups is 1. The molecule has 0 aliphatic rings. The van der Waals surface area contributed by atoms with Gasteiger partial charge >= 0.3 is 18.0 Å². The highest BCUT2D eigenvalue weighted by Gasteiger charge is 2.13. The fourth-order valence-electron chi connectivity index (χ4n) is 1.76. The van der Waals surface area contributed by atoms with Crippen LogP contribution in [-0.2, 0) is 0 Å². The minimum atomic E-state index is -1.11. The van der Waals surface area contributed by atoms with Gasteiger partial charge in [-0.25, -0.2) is 14.4 Å². The highest BCUT2D eigenvalue weighted by atomic mass is 16.4. The third-order valence-electron chi connectivity index (χ3n) is 2.84. The fraction of sp³-hybridized carbons (Fsp3) is 0.0625. The molecule has 0 unspecified atom stereocenters. The van der Waals surface area contributed by atoms with Crippen LogP contribution in [0.4, 0.5) is 10.5 Å². The molecule has 0 fully saturated rings. The van der Waals surface area contributed by atoms with Crippen LogP contribution in [-0.4, -0.2) is 28.2 Å². The van der Waals surface area contributed by atoms with Crippen molar-refractivity contribution in [1.82, 2.24) is 0 Å². The number of benzene rings is 2. The smallest absolute Gasteiger partial charge is 0.335 e. The zero-order valence-electron chi connectivity index (χ0n) is 12.3. The summed E-state index contributed by atoms with van der Waals surface area (Å²) in [7, 11) is 0. The molecule has 2 aromatic rings. The summed E-state index contributed by atoms with van der Waals surface area (Å²) in [5.41, 5.74) is 5.93. The van der Waals surface area contributed by atoms with Crippen LogP contribution in [0, 0.1) is 6.92 Å². The lowest BCUT2D eigenvalue weighted by atomic mass is 10.0. The van der Waals surface area contributed by atoms with E-state index in [4.69, 9.17) is 15.9 Å². The van der Waals surface area contributed by atoms with E-state index in [-0.39, 0.29) is 16.7 Å². The minimum Gasteiger partial charge on any atom is -0.478 e. The first-order chi connectivity index (χ1) is 10.8. The standard InChI is InChI=1S/C9H8O4.C7H8N2O/c1-5-6(8(10)11)3-2-4-7(5)9(12)13;8-7(10)9-6-4-2-1-3-5-6/h2-4H,1H3,(H,10,11)(H,12,13);1-5H,(H3,8,9,10). The van der Waals surface area contributed by atoms with Gasteiger partial charge in [0.1, 0.15) is 0 Å². The molecular formula is C16H16N2O5. The molecule has 2 amide bonds. The Labute approximate surface area is 132 Å². The van der Waals surface area contributed by atoms with Gasteiger partial charge in [0.05, 0.1) is 11.1 Å². The Kier molecular flexibility index (Phi) is 6.30. The quantitative estimate of drug-likeness (QED) is 0.691. The molecule has 120 valence electrons. The number of carboxylic acid groups (broad SMARTS) is 2. The Morgan fingerprint density at radius 2 is 1.35 bits per heavy atom. The second-order valence-corrected chi connectivity index (χ2v) is 4.44. The monoisotopic (exact) mass is 316 g/mol. The highest BCUT2D eigenvalue weighted by molar-refractivity contribution is 5.96. The maximum Gasteiger partial charge on any atom is 0.335 e. The first-order valence-corrected chi connectivity index (χ1v) is 6.50. The Morgan fingerprint density at radius 1 is 0.870 bits per heavy atom. The molecule has 7 heteroatoms. The Bertz CT molecular complexity index is 681. The molecular weight excluding hydrogens is 300 g/mol. The number of primary amides is 1. The van der Waals surface area contributed by atoms with Crippen LogP contribution < -0.4 is 11.1 Å². The van der Waals surface area contributed by atoms with Gasteiger partial charge < -0.3 is 21.3 Å². The molecule has 0 spiro atoms. The van der Waals surface area contributed by atoms with E-state index in [1.54, 1.807) is 12.1 Å². The molecule has 2 rings (SSSR count). The molecule has 0 atom stereocenters. The Morgan fingerprint density at radius 3 is 1.74 bits per heavy atom. The molecule has 5 N–H and O–H groups in total. The maximum absolute atomic E-state index is 10.6. The Hall–Kier alpha value is -3.35. The molecule has 0 bridgehead atoms. The molecule has 0 aliphatic carbocycles. The molecule has 0 saturated carbocycles. The van der Waals surface area contributed by atoms with Gasteiger partial charge in [0.25, 0.3) is 0 Å². The summed E-state index contributed by atoms with van der Waals surface area (Å²) in [5.74, 6) is -2.22. The maximum atomic E-state index is 10.6. The van der Waals surface area contributed by atoms with Crippen LogP contribution in [0.3, 0.4) is 0 Å². The van der Waals surface area contributed by atoms with Gasteiger partial charge in [0.15, 0.2) is 0 Å². The SMILES string of the molecule is Cc1c(C(=O)O)cccc1C(=O)O.NC(=O)Nc1ccccc1. The predicted molar refractivity (Wildman–Crippen MR) is 84.7 cm³/mol. The number of carboxylic acids is 2. The summed E-state index contributed by atoms with van der Waals surface area (Å²) < 4.78 is 0. The number of nitrogens with one attached hydrogen (secondary N) is 1. The van der Waals surface area contributed by atoms with E-state index in [0.717, 1.165) is 5.69 Å². The van der Waals surface area contributed by atoms with Crippen molar-refractivity contribution in [2.24, 2.45) is 5.73 Å². The lowest BCUT2D eigenvalue weighted by molar-refractivity contribution is 0.0696. The van der Waals surface area contributed by atoms with Crippen molar-refractivity contribution < 1.29 is 24.6 Å². The van der Waals surface area contributed by atoms with E-state index in [0.29, 0.717) is 0 Å². The third kappa shape index (κ3) is 5.50. The highest BCUT2D eigenvalue weighted by Crippen LogP contribution is 2.13. The zero-order valence-corrected chi connectivity index (χ0v) is 12.3. The van der Waals surface area contributed by atoms with E-state index in [2.05, 4.69) is 5.32 Å². The van der Waals surface area contributed by atoms with E-state index in [1.807, 2.05) is 18.2 Å². The van der Waals surface area contributed by atoms with Crippen molar-refractivity contribution in [3.63, 3.8) is 0 Å². The van der Waals surface area contributed by atoms with Gasteiger partial charge in [-0.15, -0.1) is 0 Å². The van der Waals surface area contributed by atoms with Crippen molar-refractivity contribution in [1.29, 1.82) is 0 Å². The number of nitrogens with two attached hydrogens (primary N) is 1. The summed E-state index contributed by atoms with van der Waals surface area (Å²) in [6.45, 7) is 1.48. The van der Waals surface area contributed by atoms with Crippen LogP contribution >= 0.6 is 0 Å². The number of carbonyl (C=O) groups excluding carboxylic acids is 1. The first kappa shape index (κ1) is 17.7. The minimum absolute atomic E-state index is 0.0277. The number of para-hydroxylation sites is 1. The topological polar surface area (TPSA) is 130 Å². The Balaban J connectivity index is 0.000000238. The predicted octanol–water partition coefficient (Wildman–Crippen LogP) is 2.57. The van der Waals surface area contributed by atoms with Crippen LogP contribution in [0.1, 0.15) is 26.3 Å². The number of aromatic carboxylic acids is 2. The van der Waals surface area contributed by atoms with Crippen molar-refractivity contribution >= 4 is 23.7 Å². The van der Waals surface area contributed by atoms with Gasteiger partial charge in [-0.2, -0.15) is 0 Å². The molecule has 23 heavy (non-hydrogen) atoms. The van der Waals surface area contributed by atoms with Crippen molar-refractivity contribution in [3.05, 3.63) is 65.2 Å². The molecule has 0 heterocycles. The van der Waals surface area contributed by atoms with Crippen molar-refractivity contribution in [2.45, 2.75) is 6.92 Å². The van der Waals surface area contributed by atoms with Crippen molar-refractivity contribution in [2.75, 3.05) is 5.32 Å². The molecule has 7 nitrogen and oxygen atoms in total. The average molecular weight is 316 g/mol. The fourth-order valence-corrected chi connectivity index (χ4v) is 1.76. The van der Waals surface area contributed by atoms with Gasteiger partial charge in [-0.1, -0.05) is 24.3 Å². The van der Waals surface area contributed by atoms with E-state index in [9.17, 15) is 14.4 Å². The van der Waals surface area contributed by atoms with Crippen LogP contribution in [0.25, 0.3) is 0 Å². The summed E-state index contributed by atoms with van der Waals surface area (Å²) >= 11 is 0. The third-order valence-corrected chi connectivity index (χ3v) is 2.84. The number of anilines is 1. The summed E-state index contributed by atoms with van der Waals surface area (Å²) in [4.78, 5) is 31.5. The lowest BCUT2D eigenvalue weighted by Crippen LogP contribution is -2.18. The molecule has 0 saturated heterocycles. The zero-order chi connectivity index (χ0) is 17.4. The van der Waals surface area contributed by atoms with E-state index in [1.165, 1.54) is 25.1 Å². The molecule has 0 aromatic heterocycles. The number of rotatable bonds is 3. The normalized spacial score (nSPS) is 9.26. The van der Waals surface area contributed by atoms with Gasteiger partial charge in [-0.05, 0) is 36.8 Å². The van der Waals surface area contributed by atoms with Gasteiger partial charge in [0, 0.05) is 5.69 Å². The summed E-state index contributed by atoms with van der Waals surface area (Å²) in [5, 5.41) is 19.8. The van der Waals surface area contributed by atoms with Crippen LogP contribution in [0.15, 0.2) is 48.5 Å². The lowest BCUT2D eigenvalue weighted by Gasteiger charge is -2.03. The largest absolute Gasteiger partial charge is 0.478 e. The van der Waals surface area contributed by atoms with Gasteiger partial charge in [-0.3, -0.25) is 0 Å².